The highest BCUT2D eigenvalue weighted by atomic mass is 32.2. The third kappa shape index (κ3) is 4.70. The quantitative estimate of drug-likeness (QED) is 0.635. The van der Waals surface area contributed by atoms with E-state index in [0.717, 1.165) is 16.3 Å². The molecular weight excluding hydrogens is 370 g/mol. The summed E-state index contributed by atoms with van der Waals surface area (Å²) in [5, 5.41) is 15.8. The molecule has 0 unspecified atom stereocenters. The molecule has 0 aliphatic heterocycles. The van der Waals surface area contributed by atoms with E-state index in [1.54, 1.807) is 11.3 Å². The number of benzene rings is 1. The van der Waals surface area contributed by atoms with Crippen molar-refractivity contribution >= 4 is 35.0 Å². The summed E-state index contributed by atoms with van der Waals surface area (Å²) in [5.41, 5.74) is 0.963. The smallest absolute Gasteiger partial charge is 0.321 e. The van der Waals surface area contributed by atoms with Crippen molar-refractivity contribution in [2.45, 2.75) is 11.7 Å². The van der Waals surface area contributed by atoms with Crippen molar-refractivity contribution in [3.05, 3.63) is 53.4 Å². The predicted octanol–water partition coefficient (Wildman–Crippen LogP) is 2.66. The van der Waals surface area contributed by atoms with Crippen LogP contribution in [0.1, 0.15) is 5.56 Å². The minimum atomic E-state index is -0.517. The van der Waals surface area contributed by atoms with Gasteiger partial charge in [-0.15, -0.1) is 21.5 Å². The molecule has 2 aromatic heterocycles. The zero-order valence-electron chi connectivity index (χ0n) is 14.0. The Labute approximate surface area is 158 Å². The van der Waals surface area contributed by atoms with E-state index in [0.29, 0.717) is 11.7 Å². The molecule has 2 N–H and O–H groups in total. The van der Waals surface area contributed by atoms with E-state index in [2.05, 4.69) is 20.8 Å². The third-order valence-corrected chi connectivity index (χ3v) is 5.34. The fourth-order valence-electron chi connectivity index (χ4n) is 2.18. The first-order valence-electron chi connectivity index (χ1n) is 7.81. The van der Waals surface area contributed by atoms with Gasteiger partial charge < -0.3 is 9.88 Å². The van der Waals surface area contributed by atoms with Gasteiger partial charge in [0.15, 0.2) is 11.0 Å². The molecule has 0 atom stereocenters. The molecule has 0 spiro atoms. The molecule has 3 aromatic rings. The van der Waals surface area contributed by atoms with Crippen LogP contribution in [0.15, 0.2) is 53.0 Å². The molecule has 0 fully saturated rings. The summed E-state index contributed by atoms with van der Waals surface area (Å²) < 4.78 is 1.83. The van der Waals surface area contributed by atoms with Crippen LogP contribution in [0.25, 0.3) is 10.7 Å². The number of carbonyl (C=O) groups is 2. The normalized spacial score (nSPS) is 10.5. The van der Waals surface area contributed by atoms with E-state index < -0.39 is 6.03 Å². The molecule has 2 heterocycles. The van der Waals surface area contributed by atoms with Crippen LogP contribution in [-0.4, -0.2) is 32.5 Å². The number of hydrogen-bond acceptors (Lipinski definition) is 6. The molecule has 134 valence electrons. The van der Waals surface area contributed by atoms with Crippen molar-refractivity contribution in [1.29, 1.82) is 0 Å². The predicted molar refractivity (Wildman–Crippen MR) is 102 cm³/mol. The molecule has 7 nitrogen and oxygen atoms in total. The van der Waals surface area contributed by atoms with E-state index >= 15 is 0 Å². The molecule has 0 saturated carbocycles. The van der Waals surface area contributed by atoms with Gasteiger partial charge in [0, 0.05) is 13.6 Å². The minimum absolute atomic E-state index is 0.0785. The van der Waals surface area contributed by atoms with Crippen molar-refractivity contribution in [2.24, 2.45) is 7.05 Å². The van der Waals surface area contributed by atoms with Crippen LogP contribution >= 0.6 is 23.1 Å². The summed E-state index contributed by atoms with van der Waals surface area (Å²) in [5.74, 6) is 0.444. The summed E-state index contributed by atoms with van der Waals surface area (Å²) >= 11 is 2.81. The average Bonchev–Trinajstić information content (AvgIpc) is 3.29. The highest BCUT2D eigenvalue weighted by molar-refractivity contribution is 7.99. The number of carbonyl (C=O) groups excluding carboxylic acids is 2. The van der Waals surface area contributed by atoms with Crippen molar-refractivity contribution in [2.75, 3.05) is 5.75 Å². The zero-order valence-corrected chi connectivity index (χ0v) is 15.6. The Morgan fingerprint density at radius 1 is 1.15 bits per heavy atom. The van der Waals surface area contributed by atoms with E-state index in [9.17, 15) is 9.59 Å². The van der Waals surface area contributed by atoms with E-state index in [-0.39, 0.29) is 11.7 Å². The van der Waals surface area contributed by atoms with Gasteiger partial charge in [-0.05, 0) is 17.0 Å². The molecule has 3 rings (SSSR count). The van der Waals surface area contributed by atoms with Gasteiger partial charge in [0.1, 0.15) is 0 Å². The Hall–Kier alpha value is -2.65. The van der Waals surface area contributed by atoms with Crippen LogP contribution in [0.5, 0.6) is 0 Å². The molecule has 9 heteroatoms. The van der Waals surface area contributed by atoms with Crippen LogP contribution in [0.2, 0.25) is 0 Å². The maximum atomic E-state index is 11.9. The second-order valence-electron chi connectivity index (χ2n) is 5.35. The number of hydrogen-bond donors (Lipinski definition) is 2. The first-order valence-corrected chi connectivity index (χ1v) is 9.67. The Morgan fingerprint density at radius 3 is 2.69 bits per heavy atom. The molecule has 0 bridgehead atoms. The van der Waals surface area contributed by atoms with E-state index in [4.69, 9.17) is 0 Å². The molecule has 0 aliphatic carbocycles. The van der Waals surface area contributed by atoms with Crippen LogP contribution in [0, 0.1) is 0 Å². The molecule has 3 amide bonds. The Balaban J connectivity index is 1.46. The number of thioether (sulfide) groups is 1. The summed E-state index contributed by atoms with van der Waals surface area (Å²) in [6.45, 7) is 0.362. The molecule has 0 radical (unpaired) electrons. The third-order valence-electron chi connectivity index (χ3n) is 3.46. The lowest BCUT2D eigenvalue weighted by Crippen LogP contribution is -2.39. The van der Waals surface area contributed by atoms with E-state index in [1.165, 1.54) is 11.8 Å². The highest BCUT2D eigenvalue weighted by Crippen LogP contribution is 2.25. The lowest BCUT2D eigenvalue weighted by molar-refractivity contribution is -0.117. The lowest BCUT2D eigenvalue weighted by atomic mass is 10.2. The first-order chi connectivity index (χ1) is 12.6. The monoisotopic (exact) mass is 387 g/mol. The van der Waals surface area contributed by atoms with Crippen molar-refractivity contribution < 1.29 is 9.59 Å². The summed E-state index contributed by atoms with van der Waals surface area (Å²) in [7, 11) is 1.85. The van der Waals surface area contributed by atoms with Gasteiger partial charge in [-0.3, -0.25) is 10.1 Å². The van der Waals surface area contributed by atoms with Crippen LogP contribution < -0.4 is 10.6 Å². The van der Waals surface area contributed by atoms with Gasteiger partial charge in [-0.25, -0.2) is 4.79 Å². The second kappa shape index (κ2) is 8.63. The second-order valence-corrected chi connectivity index (χ2v) is 7.24. The van der Waals surface area contributed by atoms with Crippen molar-refractivity contribution in [3.63, 3.8) is 0 Å². The molecule has 26 heavy (non-hydrogen) atoms. The number of amides is 3. The topological polar surface area (TPSA) is 88.9 Å². The van der Waals surface area contributed by atoms with Gasteiger partial charge >= 0.3 is 6.03 Å². The van der Waals surface area contributed by atoms with Gasteiger partial charge in [0.25, 0.3) is 0 Å². The van der Waals surface area contributed by atoms with Gasteiger partial charge in [0.2, 0.25) is 5.91 Å². The Kier molecular flexibility index (Phi) is 6.03. The number of aromatic nitrogens is 3. The SMILES string of the molecule is Cn1c(SCC(=O)NC(=O)NCc2ccccc2)nnc1-c1cccs1. The van der Waals surface area contributed by atoms with Crippen molar-refractivity contribution in [3.8, 4) is 10.7 Å². The van der Waals surface area contributed by atoms with Crippen LogP contribution in [-0.2, 0) is 18.4 Å². The lowest BCUT2D eigenvalue weighted by Gasteiger charge is -2.07. The zero-order chi connectivity index (χ0) is 18.4. The molecule has 0 aliphatic rings. The summed E-state index contributed by atoms with van der Waals surface area (Å²) in [6, 6.07) is 12.9. The summed E-state index contributed by atoms with van der Waals surface area (Å²) in [4.78, 5) is 24.7. The average molecular weight is 387 g/mol. The van der Waals surface area contributed by atoms with Crippen LogP contribution in [0.3, 0.4) is 0 Å². The number of rotatable bonds is 6. The van der Waals surface area contributed by atoms with E-state index in [1.807, 2.05) is 59.5 Å². The maximum absolute atomic E-state index is 11.9. The number of thiophene rings is 1. The van der Waals surface area contributed by atoms with Crippen molar-refractivity contribution in [1.82, 2.24) is 25.4 Å². The molecule has 0 saturated heterocycles. The first kappa shape index (κ1) is 18.2. The maximum Gasteiger partial charge on any atom is 0.321 e. The molecule has 1 aromatic carbocycles. The largest absolute Gasteiger partial charge is 0.334 e. The fraction of sp³-hybridized carbons (Fsp3) is 0.176. The standard InChI is InChI=1S/C17H17N5O2S2/c1-22-15(13-8-5-9-25-13)20-21-17(22)26-11-14(23)19-16(24)18-10-12-6-3-2-4-7-12/h2-9H,10-11H2,1H3,(H2,18,19,23,24). The van der Waals surface area contributed by atoms with Crippen LogP contribution in [0.4, 0.5) is 4.79 Å². The molecular formula is C17H17N5O2S2. The van der Waals surface area contributed by atoms with Gasteiger partial charge in [-0.1, -0.05) is 48.2 Å². The highest BCUT2D eigenvalue weighted by Gasteiger charge is 2.14. The Morgan fingerprint density at radius 2 is 1.96 bits per heavy atom. The Bertz CT molecular complexity index is 878. The van der Waals surface area contributed by atoms with Gasteiger partial charge in [-0.2, -0.15) is 0 Å². The number of urea groups is 1. The summed E-state index contributed by atoms with van der Waals surface area (Å²) in [6.07, 6.45) is 0. The number of nitrogens with one attached hydrogen (secondary N) is 2. The minimum Gasteiger partial charge on any atom is -0.334 e. The fourth-order valence-corrected chi connectivity index (χ4v) is 3.63. The number of imide groups is 1. The van der Waals surface area contributed by atoms with Gasteiger partial charge in [0.05, 0.1) is 10.6 Å². The number of nitrogens with zero attached hydrogens (tertiary/aromatic N) is 3.